The standard InChI is InChI=1S/C17H13ClF3N3O2S/c1-3-14-23-24-16(27-14)22-15(25)10-7-13(26-8(10)2)11-6-9(17(19,20)21)4-5-12(11)18/h4-7H,3H2,1-2H3,(H,22,24,25). The largest absolute Gasteiger partial charge is 0.460 e. The fourth-order valence-electron chi connectivity index (χ4n) is 2.34. The molecule has 0 bridgehead atoms. The van der Waals surface area contributed by atoms with Crippen molar-refractivity contribution in [1.82, 2.24) is 10.2 Å². The lowest BCUT2D eigenvalue weighted by molar-refractivity contribution is -0.137. The molecule has 3 rings (SSSR count). The summed E-state index contributed by atoms with van der Waals surface area (Å²) < 4.78 is 44.3. The summed E-state index contributed by atoms with van der Waals surface area (Å²) in [6, 6.07) is 4.27. The summed E-state index contributed by atoms with van der Waals surface area (Å²) >= 11 is 7.27. The molecular formula is C17H13ClF3N3O2S. The van der Waals surface area contributed by atoms with Gasteiger partial charge in [-0.2, -0.15) is 13.2 Å². The van der Waals surface area contributed by atoms with Crippen LogP contribution in [-0.4, -0.2) is 16.1 Å². The van der Waals surface area contributed by atoms with Crippen molar-refractivity contribution >= 4 is 34.0 Å². The molecule has 5 nitrogen and oxygen atoms in total. The highest BCUT2D eigenvalue weighted by Crippen LogP contribution is 2.37. The Morgan fingerprint density at radius 1 is 1.30 bits per heavy atom. The summed E-state index contributed by atoms with van der Waals surface area (Å²) in [4.78, 5) is 12.4. The van der Waals surface area contributed by atoms with E-state index in [1.165, 1.54) is 24.3 Å². The first-order valence-corrected chi connectivity index (χ1v) is 8.99. The number of nitrogens with zero attached hydrogens (tertiary/aromatic N) is 2. The molecule has 1 aromatic carbocycles. The third-order valence-electron chi connectivity index (χ3n) is 3.71. The van der Waals surface area contributed by atoms with Crippen molar-refractivity contribution in [2.45, 2.75) is 26.4 Å². The molecule has 0 unspecified atom stereocenters. The van der Waals surface area contributed by atoms with E-state index in [1.807, 2.05) is 6.92 Å². The number of rotatable bonds is 4. The van der Waals surface area contributed by atoms with Gasteiger partial charge in [-0.05, 0) is 37.6 Å². The van der Waals surface area contributed by atoms with Gasteiger partial charge in [0.2, 0.25) is 5.13 Å². The molecule has 2 heterocycles. The van der Waals surface area contributed by atoms with E-state index in [0.29, 0.717) is 11.6 Å². The summed E-state index contributed by atoms with van der Waals surface area (Å²) in [5.41, 5.74) is -0.632. The predicted octanol–water partition coefficient (Wildman–Crippen LogP) is 5.59. The number of benzene rings is 1. The van der Waals surface area contributed by atoms with Gasteiger partial charge < -0.3 is 4.42 Å². The number of alkyl halides is 3. The van der Waals surface area contributed by atoms with Gasteiger partial charge in [-0.1, -0.05) is 29.9 Å². The zero-order chi connectivity index (χ0) is 19.8. The highest BCUT2D eigenvalue weighted by Gasteiger charge is 2.31. The first-order chi connectivity index (χ1) is 12.7. The number of anilines is 1. The topological polar surface area (TPSA) is 68.0 Å². The van der Waals surface area contributed by atoms with E-state index in [-0.39, 0.29) is 27.7 Å². The molecule has 0 radical (unpaired) electrons. The van der Waals surface area contributed by atoms with Crippen LogP contribution in [0.5, 0.6) is 0 Å². The van der Waals surface area contributed by atoms with Crippen LogP contribution in [0.3, 0.4) is 0 Å². The molecule has 27 heavy (non-hydrogen) atoms. The Bertz CT molecular complexity index is 998. The molecule has 10 heteroatoms. The number of furan rings is 1. The highest BCUT2D eigenvalue weighted by atomic mass is 35.5. The lowest BCUT2D eigenvalue weighted by Gasteiger charge is -2.09. The second-order valence-corrected chi connectivity index (χ2v) is 7.05. The van der Waals surface area contributed by atoms with E-state index < -0.39 is 17.6 Å². The zero-order valence-electron chi connectivity index (χ0n) is 14.1. The van der Waals surface area contributed by atoms with Gasteiger partial charge in [0.05, 0.1) is 16.1 Å². The molecule has 0 aliphatic heterocycles. The van der Waals surface area contributed by atoms with E-state index in [0.717, 1.165) is 23.2 Å². The summed E-state index contributed by atoms with van der Waals surface area (Å²) in [7, 11) is 0. The van der Waals surface area contributed by atoms with E-state index >= 15 is 0 Å². The Hall–Kier alpha value is -2.39. The van der Waals surface area contributed by atoms with Crippen LogP contribution >= 0.6 is 22.9 Å². The van der Waals surface area contributed by atoms with E-state index in [2.05, 4.69) is 15.5 Å². The van der Waals surface area contributed by atoms with E-state index in [9.17, 15) is 18.0 Å². The van der Waals surface area contributed by atoms with Crippen LogP contribution in [0.4, 0.5) is 18.3 Å². The molecule has 0 fully saturated rings. The number of amides is 1. The Morgan fingerprint density at radius 3 is 2.67 bits per heavy atom. The molecule has 0 aliphatic carbocycles. The molecule has 0 aliphatic rings. The molecule has 142 valence electrons. The number of aromatic nitrogens is 2. The van der Waals surface area contributed by atoms with Crippen molar-refractivity contribution in [3.8, 4) is 11.3 Å². The van der Waals surface area contributed by atoms with Crippen LogP contribution < -0.4 is 5.32 Å². The van der Waals surface area contributed by atoms with Gasteiger partial charge in [-0.3, -0.25) is 10.1 Å². The number of carbonyl (C=O) groups excluding carboxylic acids is 1. The van der Waals surface area contributed by atoms with Gasteiger partial charge in [0, 0.05) is 5.56 Å². The number of hydrogen-bond acceptors (Lipinski definition) is 5. The Labute approximate surface area is 161 Å². The van der Waals surface area contributed by atoms with Crippen molar-refractivity contribution in [3.05, 3.63) is 51.2 Å². The molecule has 2 aromatic heterocycles. The molecule has 0 saturated heterocycles. The summed E-state index contributed by atoms with van der Waals surface area (Å²) in [5.74, 6) is -0.180. The van der Waals surface area contributed by atoms with Crippen LogP contribution in [0.1, 0.15) is 33.6 Å². The van der Waals surface area contributed by atoms with Crippen molar-refractivity contribution in [2.24, 2.45) is 0 Å². The van der Waals surface area contributed by atoms with Crippen molar-refractivity contribution in [2.75, 3.05) is 5.32 Å². The van der Waals surface area contributed by atoms with Gasteiger partial charge >= 0.3 is 6.18 Å². The van der Waals surface area contributed by atoms with Gasteiger partial charge in [0.25, 0.3) is 5.91 Å². The minimum Gasteiger partial charge on any atom is -0.460 e. The highest BCUT2D eigenvalue weighted by molar-refractivity contribution is 7.15. The van der Waals surface area contributed by atoms with Crippen LogP contribution in [-0.2, 0) is 12.6 Å². The maximum absolute atomic E-state index is 13.0. The second kappa shape index (κ2) is 7.32. The Kier molecular flexibility index (Phi) is 5.25. The quantitative estimate of drug-likeness (QED) is 0.602. The third kappa shape index (κ3) is 4.14. The molecule has 1 amide bonds. The summed E-state index contributed by atoms with van der Waals surface area (Å²) in [5, 5.41) is 11.6. The molecule has 0 spiro atoms. The normalized spacial score (nSPS) is 11.6. The van der Waals surface area contributed by atoms with Crippen LogP contribution in [0.25, 0.3) is 11.3 Å². The zero-order valence-corrected chi connectivity index (χ0v) is 15.7. The molecule has 0 atom stereocenters. The maximum atomic E-state index is 13.0. The van der Waals surface area contributed by atoms with Crippen LogP contribution in [0.15, 0.2) is 28.7 Å². The Balaban J connectivity index is 1.91. The minimum absolute atomic E-state index is 0.0535. The predicted molar refractivity (Wildman–Crippen MR) is 96.1 cm³/mol. The average molecular weight is 416 g/mol. The number of nitrogens with one attached hydrogen (secondary N) is 1. The maximum Gasteiger partial charge on any atom is 0.416 e. The van der Waals surface area contributed by atoms with E-state index in [1.54, 1.807) is 0 Å². The van der Waals surface area contributed by atoms with Crippen LogP contribution in [0.2, 0.25) is 5.02 Å². The molecular weight excluding hydrogens is 403 g/mol. The number of halogens is 4. The van der Waals surface area contributed by atoms with Gasteiger partial charge in [-0.25, -0.2) is 0 Å². The molecule has 1 N–H and O–H groups in total. The smallest absolute Gasteiger partial charge is 0.416 e. The molecule has 3 aromatic rings. The average Bonchev–Trinajstić information content (AvgIpc) is 3.20. The fraction of sp³-hybridized carbons (Fsp3) is 0.235. The number of hydrogen-bond donors (Lipinski definition) is 1. The summed E-state index contributed by atoms with van der Waals surface area (Å²) in [6.45, 7) is 3.45. The van der Waals surface area contributed by atoms with Crippen molar-refractivity contribution in [3.63, 3.8) is 0 Å². The third-order valence-corrected chi connectivity index (χ3v) is 5.02. The van der Waals surface area contributed by atoms with Crippen LogP contribution in [0, 0.1) is 6.92 Å². The fourth-order valence-corrected chi connectivity index (χ4v) is 3.23. The summed E-state index contributed by atoms with van der Waals surface area (Å²) in [6.07, 6.45) is -3.83. The van der Waals surface area contributed by atoms with E-state index in [4.69, 9.17) is 16.0 Å². The number of aryl methyl sites for hydroxylation is 2. The van der Waals surface area contributed by atoms with Crippen molar-refractivity contribution in [1.29, 1.82) is 0 Å². The first-order valence-electron chi connectivity index (χ1n) is 7.80. The van der Waals surface area contributed by atoms with Gasteiger partial charge in [-0.15, -0.1) is 10.2 Å². The minimum atomic E-state index is -4.52. The Morgan fingerprint density at radius 2 is 2.04 bits per heavy atom. The SMILES string of the molecule is CCc1nnc(NC(=O)c2cc(-c3cc(C(F)(F)F)ccc3Cl)oc2C)s1. The molecule has 0 saturated carbocycles. The monoisotopic (exact) mass is 415 g/mol. The van der Waals surface area contributed by atoms with Gasteiger partial charge in [0.15, 0.2) is 0 Å². The lowest BCUT2D eigenvalue weighted by atomic mass is 10.1. The van der Waals surface area contributed by atoms with Crippen molar-refractivity contribution < 1.29 is 22.4 Å². The number of carbonyl (C=O) groups is 1. The lowest BCUT2D eigenvalue weighted by Crippen LogP contribution is -2.11. The first kappa shape index (κ1) is 19.4. The second-order valence-electron chi connectivity index (χ2n) is 5.58. The van der Waals surface area contributed by atoms with Gasteiger partial charge in [0.1, 0.15) is 16.5 Å².